The van der Waals surface area contributed by atoms with Gasteiger partial charge in [-0.05, 0) is 24.3 Å². The van der Waals surface area contributed by atoms with Crippen LogP contribution in [0.2, 0.25) is 0 Å². The van der Waals surface area contributed by atoms with E-state index < -0.39 is 0 Å². The van der Waals surface area contributed by atoms with Crippen LogP contribution in [0.4, 0.5) is 5.69 Å². The Bertz CT molecular complexity index is 788. The van der Waals surface area contributed by atoms with Crippen LogP contribution in [0.3, 0.4) is 0 Å². The Morgan fingerprint density at radius 2 is 1.74 bits per heavy atom. The van der Waals surface area contributed by atoms with Crippen molar-refractivity contribution in [2.24, 2.45) is 0 Å². The summed E-state index contributed by atoms with van der Waals surface area (Å²) in [6.07, 6.45) is 0. The molecular weight excluding hydrogens is 348 g/mol. The van der Waals surface area contributed by atoms with Crippen LogP contribution in [0.25, 0.3) is 0 Å². The number of hydrogen-bond acceptors (Lipinski definition) is 6. The molecule has 1 fully saturated rings. The van der Waals surface area contributed by atoms with Crippen molar-refractivity contribution in [1.82, 2.24) is 4.90 Å². The van der Waals surface area contributed by atoms with Gasteiger partial charge in [0.15, 0.2) is 18.1 Å². The van der Waals surface area contributed by atoms with Crippen LogP contribution in [-0.4, -0.2) is 62.9 Å². The van der Waals surface area contributed by atoms with E-state index in [4.69, 9.17) is 14.2 Å². The highest BCUT2D eigenvalue weighted by molar-refractivity contribution is 5.78. The van der Waals surface area contributed by atoms with E-state index in [2.05, 4.69) is 4.90 Å². The highest BCUT2D eigenvalue weighted by Gasteiger charge is 2.22. The Morgan fingerprint density at radius 3 is 2.41 bits per heavy atom. The van der Waals surface area contributed by atoms with Gasteiger partial charge in [0.1, 0.15) is 11.5 Å². The van der Waals surface area contributed by atoms with Gasteiger partial charge in [-0.25, -0.2) is 0 Å². The molecule has 0 spiro atoms. The van der Waals surface area contributed by atoms with E-state index in [0.717, 1.165) is 18.8 Å². The lowest BCUT2D eigenvalue weighted by molar-refractivity contribution is -0.133. The molecule has 0 saturated carbocycles. The van der Waals surface area contributed by atoms with Gasteiger partial charge in [0, 0.05) is 44.0 Å². The summed E-state index contributed by atoms with van der Waals surface area (Å²) in [5, 5.41) is 9.44. The predicted molar refractivity (Wildman–Crippen MR) is 102 cm³/mol. The molecule has 2 aromatic carbocycles. The van der Waals surface area contributed by atoms with Crippen LogP contribution in [-0.2, 0) is 4.79 Å². The minimum Gasteiger partial charge on any atom is -0.508 e. The molecule has 144 valence electrons. The number of carbonyl (C=O) groups excluding carboxylic acids is 1. The molecule has 1 N–H and O–H groups in total. The van der Waals surface area contributed by atoms with Gasteiger partial charge < -0.3 is 29.1 Å². The minimum absolute atomic E-state index is 0.0419. The number of ether oxygens (including phenoxy) is 3. The molecule has 0 bridgehead atoms. The maximum atomic E-state index is 12.4. The van der Waals surface area contributed by atoms with Gasteiger partial charge in [-0.3, -0.25) is 4.79 Å². The van der Waals surface area contributed by atoms with Gasteiger partial charge in [-0.2, -0.15) is 0 Å². The number of rotatable bonds is 6. The van der Waals surface area contributed by atoms with Crippen LogP contribution in [0.5, 0.6) is 23.0 Å². The molecule has 2 aromatic rings. The molecule has 1 amide bonds. The number of benzene rings is 2. The number of hydrogen-bond donors (Lipinski definition) is 1. The number of carbonyl (C=O) groups is 1. The lowest BCUT2D eigenvalue weighted by Gasteiger charge is -2.36. The normalized spacial score (nSPS) is 14.0. The summed E-state index contributed by atoms with van der Waals surface area (Å²) in [6, 6.07) is 12.3. The lowest BCUT2D eigenvalue weighted by atomic mass is 10.2. The lowest BCUT2D eigenvalue weighted by Crippen LogP contribution is -2.50. The third kappa shape index (κ3) is 4.55. The van der Waals surface area contributed by atoms with E-state index in [1.807, 2.05) is 18.2 Å². The largest absolute Gasteiger partial charge is 0.508 e. The quantitative estimate of drug-likeness (QED) is 0.838. The molecule has 0 aliphatic carbocycles. The van der Waals surface area contributed by atoms with Crippen molar-refractivity contribution < 1.29 is 24.1 Å². The molecule has 0 aromatic heterocycles. The highest BCUT2D eigenvalue weighted by atomic mass is 16.5. The summed E-state index contributed by atoms with van der Waals surface area (Å²) in [6.45, 7) is 2.66. The molecule has 1 saturated heterocycles. The fourth-order valence-corrected chi connectivity index (χ4v) is 3.05. The number of phenols is 1. The number of methoxy groups -OCH3 is 2. The zero-order valence-corrected chi connectivity index (χ0v) is 15.6. The zero-order valence-electron chi connectivity index (χ0n) is 15.6. The van der Waals surface area contributed by atoms with Gasteiger partial charge >= 0.3 is 0 Å². The van der Waals surface area contributed by atoms with Crippen molar-refractivity contribution >= 4 is 11.6 Å². The first kappa shape index (κ1) is 18.7. The number of piperazine rings is 1. The monoisotopic (exact) mass is 372 g/mol. The van der Waals surface area contributed by atoms with Crippen molar-refractivity contribution in [3.8, 4) is 23.0 Å². The van der Waals surface area contributed by atoms with Gasteiger partial charge in [-0.1, -0.05) is 6.07 Å². The van der Waals surface area contributed by atoms with E-state index in [-0.39, 0.29) is 18.3 Å². The SMILES string of the molecule is COc1ccc(N2CCN(C(=O)COc3cccc(O)c3)CC2)cc1OC. The van der Waals surface area contributed by atoms with Crippen molar-refractivity contribution in [2.75, 3.05) is 51.9 Å². The predicted octanol–water partition coefficient (Wildman–Crippen LogP) is 2.14. The first-order valence-corrected chi connectivity index (χ1v) is 8.77. The van der Waals surface area contributed by atoms with Gasteiger partial charge in [0.2, 0.25) is 0 Å². The summed E-state index contributed by atoms with van der Waals surface area (Å²) in [7, 11) is 3.23. The molecule has 7 heteroatoms. The summed E-state index contributed by atoms with van der Waals surface area (Å²) in [5.74, 6) is 1.91. The fourth-order valence-electron chi connectivity index (χ4n) is 3.05. The van der Waals surface area contributed by atoms with Gasteiger partial charge in [0.05, 0.1) is 14.2 Å². The summed E-state index contributed by atoms with van der Waals surface area (Å²) < 4.78 is 16.1. The minimum atomic E-state index is -0.0645. The van der Waals surface area contributed by atoms with Gasteiger partial charge in [0.25, 0.3) is 5.91 Å². The maximum absolute atomic E-state index is 12.4. The van der Waals surface area contributed by atoms with Crippen molar-refractivity contribution in [3.63, 3.8) is 0 Å². The Labute approximate surface area is 158 Å². The molecule has 0 atom stereocenters. The number of amides is 1. The van der Waals surface area contributed by atoms with Crippen molar-refractivity contribution in [3.05, 3.63) is 42.5 Å². The van der Waals surface area contributed by atoms with Crippen LogP contribution in [0.1, 0.15) is 0 Å². The van der Waals surface area contributed by atoms with Crippen LogP contribution in [0.15, 0.2) is 42.5 Å². The average molecular weight is 372 g/mol. The Balaban J connectivity index is 1.53. The summed E-state index contributed by atoms with van der Waals surface area (Å²) in [4.78, 5) is 16.4. The third-order valence-electron chi connectivity index (χ3n) is 4.54. The van der Waals surface area contributed by atoms with E-state index >= 15 is 0 Å². The second-order valence-electron chi connectivity index (χ2n) is 6.19. The first-order valence-electron chi connectivity index (χ1n) is 8.77. The van der Waals surface area contributed by atoms with E-state index in [1.165, 1.54) is 6.07 Å². The number of anilines is 1. The van der Waals surface area contributed by atoms with Gasteiger partial charge in [-0.15, -0.1) is 0 Å². The molecule has 1 heterocycles. The van der Waals surface area contributed by atoms with E-state index in [1.54, 1.807) is 37.3 Å². The molecule has 1 aliphatic rings. The smallest absolute Gasteiger partial charge is 0.260 e. The van der Waals surface area contributed by atoms with E-state index in [9.17, 15) is 9.90 Å². The number of phenolic OH excluding ortho intramolecular Hbond substituents is 1. The topological polar surface area (TPSA) is 71.5 Å². The van der Waals surface area contributed by atoms with Crippen LogP contribution >= 0.6 is 0 Å². The van der Waals surface area contributed by atoms with Crippen LogP contribution < -0.4 is 19.1 Å². The van der Waals surface area contributed by atoms with Crippen molar-refractivity contribution in [2.45, 2.75) is 0 Å². The summed E-state index contributed by atoms with van der Waals surface area (Å²) >= 11 is 0. The van der Waals surface area contributed by atoms with Crippen LogP contribution in [0, 0.1) is 0 Å². The molecule has 0 unspecified atom stereocenters. The first-order chi connectivity index (χ1) is 13.1. The average Bonchev–Trinajstić information content (AvgIpc) is 2.71. The number of nitrogens with zero attached hydrogens (tertiary/aromatic N) is 2. The second kappa shape index (κ2) is 8.53. The molecule has 3 rings (SSSR count). The summed E-state index contributed by atoms with van der Waals surface area (Å²) in [5.41, 5.74) is 1.04. The van der Waals surface area contributed by atoms with E-state index in [0.29, 0.717) is 30.3 Å². The molecular formula is C20H24N2O5. The zero-order chi connectivity index (χ0) is 19.2. The second-order valence-corrected chi connectivity index (χ2v) is 6.19. The molecule has 1 aliphatic heterocycles. The Kier molecular flexibility index (Phi) is 5.90. The molecule has 0 radical (unpaired) electrons. The maximum Gasteiger partial charge on any atom is 0.260 e. The Morgan fingerprint density at radius 1 is 1.00 bits per heavy atom. The molecule has 27 heavy (non-hydrogen) atoms. The Hall–Kier alpha value is -3.09. The molecule has 7 nitrogen and oxygen atoms in total. The third-order valence-corrected chi connectivity index (χ3v) is 4.54. The fraction of sp³-hybridized carbons (Fsp3) is 0.350. The highest BCUT2D eigenvalue weighted by Crippen LogP contribution is 2.31. The standard InChI is InChI=1S/C20H24N2O5/c1-25-18-7-6-15(12-19(18)26-2)21-8-10-22(11-9-21)20(24)14-27-17-5-3-4-16(23)13-17/h3-7,12-13,23H,8-11,14H2,1-2H3. The number of aromatic hydroxyl groups is 1. The van der Waals surface area contributed by atoms with Crippen molar-refractivity contribution in [1.29, 1.82) is 0 Å².